The van der Waals surface area contributed by atoms with E-state index in [2.05, 4.69) is 31.9 Å². The third-order valence-electron chi connectivity index (χ3n) is 3.25. The molecule has 0 aliphatic heterocycles. The van der Waals surface area contributed by atoms with Crippen LogP contribution in [-0.4, -0.2) is 0 Å². The molecule has 2 rings (SSSR count). The van der Waals surface area contributed by atoms with Gasteiger partial charge in [-0.25, -0.2) is 0 Å². The molecule has 0 N–H and O–H groups in total. The topological polar surface area (TPSA) is 0 Å². The summed E-state index contributed by atoms with van der Waals surface area (Å²) in [5.74, 6) is 0. The molecule has 0 saturated carbocycles. The molecule has 112 valence electrons. The molecule has 0 fully saturated rings. The molecule has 0 nitrogen and oxygen atoms in total. The molecule has 0 spiro atoms. The first-order valence-corrected chi connectivity index (χ1v) is 8.04. The van der Waals surface area contributed by atoms with Gasteiger partial charge in [0.05, 0.1) is 5.56 Å². The molecule has 1 unspecified atom stereocenters. The Morgan fingerprint density at radius 2 is 1.67 bits per heavy atom. The molecule has 0 radical (unpaired) electrons. The average molecular weight is 422 g/mol. The fraction of sp³-hybridized carbons (Fsp3) is 0.250. The smallest absolute Gasteiger partial charge is 0.166 e. The summed E-state index contributed by atoms with van der Waals surface area (Å²) < 4.78 is 38.6. The first-order chi connectivity index (χ1) is 9.77. The molecular weight excluding hydrogens is 409 g/mol. The van der Waals surface area contributed by atoms with Crippen molar-refractivity contribution in [3.05, 3.63) is 69.2 Å². The lowest BCUT2D eigenvalue weighted by Crippen LogP contribution is -2.05. The maximum Gasteiger partial charge on any atom is 0.416 e. The predicted molar refractivity (Wildman–Crippen MR) is 85.7 cm³/mol. The van der Waals surface area contributed by atoms with Gasteiger partial charge in [-0.1, -0.05) is 56.1 Å². The third kappa shape index (κ3) is 4.33. The molecular formula is C16H13Br2F3. The van der Waals surface area contributed by atoms with E-state index in [4.69, 9.17) is 0 Å². The van der Waals surface area contributed by atoms with Crippen LogP contribution in [0.5, 0.6) is 0 Å². The van der Waals surface area contributed by atoms with Crippen LogP contribution in [0, 0.1) is 6.92 Å². The van der Waals surface area contributed by atoms with Crippen molar-refractivity contribution in [1.82, 2.24) is 0 Å². The van der Waals surface area contributed by atoms with E-state index >= 15 is 0 Å². The second-order valence-electron chi connectivity index (χ2n) is 4.87. The van der Waals surface area contributed by atoms with Gasteiger partial charge in [0.1, 0.15) is 0 Å². The van der Waals surface area contributed by atoms with Gasteiger partial charge in [0.2, 0.25) is 0 Å². The monoisotopic (exact) mass is 420 g/mol. The van der Waals surface area contributed by atoms with E-state index in [1.807, 2.05) is 25.1 Å². The van der Waals surface area contributed by atoms with Gasteiger partial charge in [0, 0.05) is 9.30 Å². The van der Waals surface area contributed by atoms with Gasteiger partial charge < -0.3 is 0 Å². The Balaban J connectivity index is 2.12. The van der Waals surface area contributed by atoms with Gasteiger partial charge in [-0.05, 0) is 48.2 Å². The van der Waals surface area contributed by atoms with Crippen molar-refractivity contribution in [3.8, 4) is 0 Å². The number of aryl methyl sites for hydroxylation is 1. The second kappa shape index (κ2) is 6.53. The summed E-state index contributed by atoms with van der Waals surface area (Å²) >= 11 is 7.08. The van der Waals surface area contributed by atoms with Crippen molar-refractivity contribution in [3.63, 3.8) is 0 Å². The number of rotatable bonds is 3. The molecule has 0 saturated heterocycles. The zero-order valence-corrected chi connectivity index (χ0v) is 14.4. The molecule has 5 heteroatoms. The highest BCUT2D eigenvalue weighted by atomic mass is 79.9. The van der Waals surface area contributed by atoms with E-state index in [1.54, 1.807) is 0 Å². The van der Waals surface area contributed by atoms with E-state index in [9.17, 15) is 13.2 Å². The molecule has 0 bridgehead atoms. The van der Waals surface area contributed by atoms with Crippen LogP contribution in [0.25, 0.3) is 0 Å². The highest BCUT2D eigenvalue weighted by molar-refractivity contribution is 9.10. The molecule has 0 aliphatic rings. The Morgan fingerprint density at radius 3 is 2.19 bits per heavy atom. The van der Waals surface area contributed by atoms with Crippen molar-refractivity contribution < 1.29 is 13.2 Å². The number of halogens is 5. The van der Waals surface area contributed by atoms with Gasteiger partial charge in [0.15, 0.2) is 0 Å². The van der Waals surface area contributed by atoms with Crippen LogP contribution in [0.2, 0.25) is 0 Å². The largest absolute Gasteiger partial charge is 0.416 e. The van der Waals surface area contributed by atoms with Crippen LogP contribution in [0.3, 0.4) is 0 Å². The molecule has 0 aromatic heterocycles. The zero-order chi connectivity index (χ0) is 15.6. The summed E-state index contributed by atoms with van der Waals surface area (Å²) in [6.45, 7) is 2.01. The van der Waals surface area contributed by atoms with Crippen molar-refractivity contribution >= 4 is 31.9 Å². The number of hydrogen-bond acceptors (Lipinski definition) is 0. The van der Waals surface area contributed by atoms with E-state index in [-0.39, 0.29) is 4.83 Å². The molecule has 0 aliphatic carbocycles. The van der Waals surface area contributed by atoms with Crippen LogP contribution in [-0.2, 0) is 12.6 Å². The predicted octanol–water partition coefficient (Wildman–Crippen LogP) is 6.46. The third-order valence-corrected chi connectivity index (χ3v) is 4.96. The fourth-order valence-corrected chi connectivity index (χ4v) is 3.01. The Kier molecular flexibility index (Phi) is 5.15. The van der Waals surface area contributed by atoms with Crippen LogP contribution >= 0.6 is 31.9 Å². The van der Waals surface area contributed by atoms with E-state index in [0.717, 1.165) is 33.3 Å². The summed E-state index contributed by atoms with van der Waals surface area (Å²) in [6, 6.07) is 11.4. The normalized spacial score (nSPS) is 13.2. The van der Waals surface area contributed by atoms with Crippen molar-refractivity contribution in [2.75, 3.05) is 0 Å². The second-order valence-corrected chi connectivity index (χ2v) is 6.83. The summed E-state index contributed by atoms with van der Waals surface area (Å²) in [4.78, 5) is 0.0612. The minimum Gasteiger partial charge on any atom is -0.166 e. The summed E-state index contributed by atoms with van der Waals surface area (Å²) in [7, 11) is 0. The van der Waals surface area contributed by atoms with Crippen LogP contribution in [0.4, 0.5) is 13.2 Å². The van der Waals surface area contributed by atoms with Crippen molar-refractivity contribution in [2.24, 2.45) is 0 Å². The van der Waals surface area contributed by atoms with Gasteiger partial charge in [-0.15, -0.1) is 0 Å². The Morgan fingerprint density at radius 1 is 1.05 bits per heavy atom. The average Bonchev–Trinajstić information content (AvgIpc) is 2.41. The highest BCUT2D eigenvalue weighted by Crippen LogP contribution is 2.32. The lowest BCUT2D eigenvalue weighted by atomic mass is 10.0. The van der Waals surface area contributed by atoms with Crippen molar-refractivity contribution in [2.45, 2.75) is 24.3 Å². The lowest BCUT2D eigenvalue weighted by Gasteiger charge is -2.13. The van der Waals surface area contributed by atoms with Crippen molar-refractivity contribution in [1.29, 1.82) is 0 Å². The van der Waals surface area contributed by atoms with Crippen LogP contribution < -0.4 is 0 Å². The van der Waals surface area contributed by atoms with Gasteiger partial charge in [-0.3, -0.25) is 0 Å². The van der Waals surface area contributed by atoms with Gasteiger partial charge in [-0.2, -0.15) is 13.2 Å². The van der Waals surface area contributed by atoms with Gasteiger partial charge >= 0.3 is 6.18 Å². The summed E-state index contributed by atoms with van der Waals surface area (Å²) in [5.41, 5.74) is 2.48. The lowest BCUT2D eigenvalue weighted by molar-refractivity contribution is -0.137. The minimum atomic E-state index is -4.28. The highest BCUT2D eigenvalue weighted by Gasteiger charge is 2.29. The first-order valence-electron chi connectivity index (χ1n) is 6.33. The molecule has 2 aromatic rings. The van der Waals surface area contributed by atoms with Crippen LogP contribution in [0.15, 0.2) is 46.9 Å². The quantitative estimate of drug-likeness (QED) is 0.499. The maximum absolute atomic E-state index is 12.5. The number of alkyl halides is 4. The molecule has 0 amide bonds. The van der Waals surface area contributed by atoms with Gasteiger partial charge in [0.25, 0.3) is 0 Å². The number of hydrogen-bond donors (Lipinski definition) is 0. The Bertz CT molecular complexity index is 618. The van der Waals surface area contributed by atoms with E-state index < -0.39 is 11.7 Å². The zero-order valence-electron chi connectivity index (χ0n) is 11.2. The van der Waals surface area contributed by atoms with E-state index in [1.165, 1.54) is 12.1 Å². The Labute approximate surface area is 138 Å². The standard InChI is InChI=1S/C16H13Br2F3/c1-10-2-5-12(9-14(10)17)15(18)8-11-3-6-13(7-4-11)16(19,20)21/h2-7,9,15H,8H2,1H3. The maximum atomic E-state index is 12.5. The molecule has 2 aromatic carbocycles. The molecule has 1 atom stereocenters. The Hall–Kier alpha value is -0.810. The first kappa shape index (κ1) is 16.6. The minimum absolute atomic E-state index is 0.0612. The molecule has 21 heavy (non-hydrogen) atoms. The fourth-order valence-electron chi connectivity index (χ4n) is 1.96. The molecule has 0 heterocycles. The summed E-state index contributed by atoms with van der Waals surface area (Å²) in [5, 5.41) is 0. The summed E-state index contributed by atoms with van der Waals surface area (Å²) in [6.07, 6.45) is -3.65. The van der Waals surface area contributed by atoms with Crippen LogP contribution in [0.1, 0.15) is 27.1 Å². The SMILES string of the molecule is Cc1ccc(C(Br)Cc2ccc(C(F)(F)F)cc2)cc1Br. The number of benzene rings is 2. The van der Waals surface area contributed by atoms with E-state index in [0.29, 0.717) is 6.42 Å².